The van der Waals surface area contributed by atoms with Crippen LogP contribution < -0.4 is 10.2 Å². The number of hydrogen-bond acceptors (Lipinski definition) is 2. The number of amides is 1. The fraction of sp³-hybridized carbons (Fsp3) is 0.500. The number of carbonyl (C=O) groups excluding carboxylic acids is 1. The number of anilines is 1. The van der Waals surface area contributed by atoms with E-state index < -0.39 is 11.6 Å². The molecule has 0 spiro atoms. The molecule has 1 aliphatic heterocycles. The molecule has 2 fully saturated rings. The third kappa shape index (κ3) is 2.23. The van der Waals surface area contributed by atoms with Crippen LogP contribution in [0.2, 0.25) is 0 Å². The van der Waals surface area contributed by atoms with E-state index in [4.69, 9.17) is 0 Å². The average molecular weight is 266 g/mol. The molecule has 1 saturated carbocycles. The molecule has 1 amide bonds. The lowest BCUT2D eigenvalue weighted by molar-refractivity contribution is -0.118. The van der Waals surface area contributed by atoms with Crippen LogP contribution in [0.1, 0.15) is 24.8 Å². The van der Waals surface area contributed by atoms with E-state index in [1.165, 1.54) is 17.0 Å². The number of rotatable bonds is 3. The first-order valence-corrected chi connectivity index (χ1v) is 6.60. The second-order valence-electron chi connectivity index (χ2n) is 5.30. The molecule has 1 aromatic rings. The number of benzene rings is 1. The lowest BCUT2D eigenvalue weighted by atomic mass is 10.2. The zero-order valence-corrected chi connectivity index (χ0v) is 10.7. The van der Waals surface area contributed by atoms with Crippen LogP contribution in [0.25, 0.3) is 0 Å². The molecular weight excluding hydrogens is 250 g/mol. The summed E-state index contributed by atoms with van der Waals surface area (Å²) in [5.74, 6) is -1.54. The minimum absolute atomic E-state index is 0.204. The van der Waals surface area contributed by atoms with Crippen LogP contribution >= 0.6 is 0 Å². The maximum atomic E-state index is 14.0. The van der Waals surface area contributed by atoms with E-state index in [-0.39, 0.29) is 17.6 Å². The SMILES string of the molecule is Cc1ccc(F)c(N2CCC(NC3CC3)C2=O)c1F. The highest BCUT2D eigenvalue weighted by Crippen LogP contribution is 2.30. The zero-order valence-electron chi connectivity index (χ0n) is 10.7. The standard InChI is InChI=1S/C14H16F2N2O/c1-8-2-5-10(15)13(12(8)16)18-7-6-11(14(18)19)17-9-3-4-9/h2,5,9,11,17H,3-4,6-7H2,1H3. The molecule has 1 saturated heterocycles. The van der Waals surface area contributed by atoms with Crippen LogP contribution in [0.5, 0.6) is 0 Å². The van der Waals surface area contributed by atoms with Gasteiger partial charge < -0.3 is 10.2 Å². The molecule has 2 aliphatic rings. The van der Waals surface area contributed by atoms with Gasteiger partial charge in [-0.15, -0.1) is 0 Å². The highest BCUT2D eigenvalue weighted by atomic mass is 19.1. The summed E-state index contributed by atoms with van der Waals surface area (Å²) in [6, 6.07) is 2.70. The summed E-state index contributed by atoms with van der Waals surface area (Å²) in [6.45, 7) is 1.93. The maximum absolute atomic E-state index is 14.0. The van der Waals surface area contributed by atoms with E-state index in [0.717, 1.165) is 12.8 Å². The third-order valence-corrected chi connectivity index (χ3v) is 3.75. The second-order valence-corrected chi connectivity index (χ2v) is 5.30. The Morgan fingerprint density at radius 1 is 1.26 bits per heavy atom. The van der Waals surface area contributed by atoms with Crippen LogP contribution in [0.3, 0.4) is 0 Å². The van der Waals surface area contributed by atoms with Gasteiger partial charge in [0.25, 0.3) is 0 Å². The van der Waals surface area contributed by atoms with E-state index in [0.29, 0.717) is 24.6 Å². The molecule has 3 nitrogen and oxygen atoms in total. The highest BCUT2D eigenvalue weighted by Gasteiger charge is 2.38. The number of hydrogen-bond donors (Lipinski definition) is 1. The van der Waals surface area contributed by atoms with E-state index in [9.17, 15) is 13.6 Å². The van der Waals surface area contributed by atoms with Crippen molar-refractivity contribution in [1.82, 2.24) is 5.32 Å². The van der Waals surface area contributed by atoms with E-state index in [1.807, 2.05) is 0 Å². The Hall–Kier alpha value is -1.49. The third-order valence-electron chi connectivity index (χ3n) is 3.75. The first-order valence-electron chi connectivity index (χ1n) is 6.60. The van der Waals surface area contributed by atoms with Crippen molar-refractivity contribution >= 4 is 11.6 Å². The molecule has 1 aromatic carbocycles. The van der Waals surface area contributed by atoms with E-state index in [1.54, 1.807) is 6.92 Å². The summed E-state index contributed by atoms with van der Waals surface area (Å²) >= 11 is 0. The molecule has 102 valence electrons. The van der Waals surface area contributed by atoms with Crippen molar-refractivity contribution < 1.29 is 13.6 Å². The van der Waals surface area contributed by atoms with Crippen LogP contribution in [0, 0.1) is 18.6 Å². The van der Waals surface area contributed by atoms with Crippen molar-refractivity contribution in [3.8, 4) is 0 Å². The highest BCUT2D eigenvalue weighted by molar-refractivity contribution is 5.99. The minimum Gasteiger partial charge on any atom is -0.306 e. The molecule has 1 N–H and O–H groups in total. The topological polar surface area (TPSA) is 32.3 Å². The van der Waals surface area contributed by atoms with E-state index in [2.05, 4.69) is 5.32 Å². The van der Waals surface area contributed by atoms with Crippen LogP contribution in [0.4, 0.5) is 14.5 Å². The Balaban J connectivity index is 1.86. The van der Waals surface area contributed by atoms with Crippen molar-refractivity contribution in [2.75, 3.05) is 11.4 Å². The van der Waals surface area contributed by atoms with Gasteiger partial charge in [-0.05, 0) is 37.8 Å². The van der Waals surface area contributed by atoms with Crippen molar-refractivity contribution in [3.63, 3.8) is 0 Å². The van der Waals surface area contributed by atoms with Gasteiger partial charge in [0.15, 0.2) is 5.82 Å². The van der Waals surface area contributed by atoms with Crippen molar-refractivity contribution in [2.24, 2.45) is 0 Å². The van der Waals surface area contributed by atoms with Gasteiger partial charge in [-0.1, -0.05) is 6.07 Å². The summed E-state index contributed by atoms with van der Waals surface area (Å²) in [5.41, 5.74) is 0.146. The zero-order chi connectivity index (χ0) is 13.6. The first-order chi connectivity index (χ1) is 9.08. The van der Waals surface area contributed by atoms with Gasteiger partial charge in [-0.2, -0.15) is 0 Å². The predicted molar refractivity (Wildman–Crippen MR) is 68.0 cm³/mol. The fourth-order valence-electron chi connectivity index (χ4n) is 2.48. The molecule has 0 bridgehead atoms. The first kappa shape index (κ1) is 12.5. The molecule has 1 atom stereocenters. The number of carbonyl (C=O) groups is 1. The van der Waals surface area contributed by atoms with Crippen molar-refractivity contribution in [1.29, 1.82) is 0 Å². The predicted octanol–water partition coefficient (Wildman–Crippen LogP) is 2.13. The van der Waals surface area contributed by atoms with Crippen molar-refractivity contribution in [2.45, 2.75) is 38.3 Å². The second kappa shape index (κ2) is 4.56. The normalized spacial score (nSPS) is 23.2. The molecule has 0 aromatic heterocycles. The maximum Gasteiger partial charge on any atom is 0.244 e. The Morgan fingerprint density at radius 2 is 2.00 bits per heavy atom. The Morgan fingerprint density at radius 3 is 2.68 bits per heavy atom. The van der Waals surface area contributed by atoms with Gasteiger partial charge in [-0.25, -0.2) is 8.78 Å². The quantitative estimate of drug-likeness (QED) is 0.909. The van der Waals surface area contributed by atoms with Gasteiger partial charge in [0, 0.05) is 12.6 Å². The molecule has 0 radical (unpaired) electrons. The summed E-state index contributed by atoms with van der Waals surface area (Å²) in [5, 5.41) is 3.22. The number of nitrogens with zero attached hydrogens (tertiary/aromatic N) is 1. The molecule has 1 heterocycles. The molecule has 19 heavy (non-hydrogen) atoms. The summed E-state index contributed by atoms with van der Waals surface area (Å²) in [7, 11) is 0. The fourth-order valence-corrected chi connectivity index (χ4v) is 2.48. The number of aryl methyl sites for hydroxylation is 1. The molecular formula is C14H16F2N2O. The average Bonchev–Trinajstić information content (AvgIpc) is 3.13. The van der Waals surface area contributed by atoms with Gasteiger partial charge in [0.05, 0.1) is 6.04 Å². The molecule has 5 heteroatoms. The number of nitrogens with one attached hydrogen (secondary N) is 1. The lowest BCUT2D eigenvalue weighted by Gasteiger charge is -2.19. The minimum atomic E-state index is -0.677. The molecule has 1 aliphatic carbocycles. The summed E-state index contributed by atoms with van der Waals surface area (Å²) in [6.07, 6.45) is 2.76. The molecule has 3 rings (SSSR count). The van der Waals surface area contributed by atoms with Crippen LogP contribution in [-0.2, 0) is 4.79 Å². The van der Waals surface area contributed by atoms with Gasteiger partial charge in [-0.3, -0.25) is 4.79 Å². The van der Waals surface area contributed by atoms with Gasteiger partial charge >= 0.3 is 0 Å². The number of halogens is 2. The molecule has 1 unspecified atom stereocenters. The Kier molecular flexibility index (Phi) is 3.01. The lowest BCUT2D eigenvalue weighted by Crippen LogP contribution is -2.39. The van der Waals surface area contributed by atoms with E-state index >= 15 is 0 Å². The van der Waals surface area contributed by atoms with Crippen LogP contribution in [-0.4, -0.2) is 24.5 Å². The van der Waals surface area contributed by atoms with Gasteiger partial charge in [0.2, 0.25) is 5.91 Å². The van der Waals surface area contributed by atoms with Gasteiger partial charge in [0.1, 0.15) is 11.5 Å². The van der Waals surface area contributed by atoms with Crippen molar-refractivity contribution in [3.05, 3.63) is 29.3 Å². The smallest absolute Gasteiger partial charge is 0.244 e. The monoisotopic (exact) mass is 266 g/mol. The Bertz CT molecular complexity index is 528. The summed E-state index contributed by atoms with van der Waals surface area (Å²) in [4.78, 5) is 13.4. The van der Waals surface area contributed by atoms with Crippen LogP contribution in [0.15, 0.2) is 12.1 Å². The largest absolute Gasteiger partial charge is 0.306 e. The summed E-state index contributed by atoms with van der Waals surface area (Å²) < 4.78 is 27.8. The Labute approximate surface area is 110 Å².